The van der Waals surface area contributed by atoms with E-state index >= 15 is 0 Å². The van der Waals surface area contributed by atoms with E-state index in [2.05, 4.69) is 15.2 Å². The molecule has 78 valence electrons. The molecule has 0 spiro atoms. The van der Waals surface area contributed by atoms with Gasteiger partial charge < -0.3 is 10.8 Å². The number of hydrogen-bond acceptors (Lipinski definition) is 5. The van der Waals surface area contributed by atoms with Crippen molar-refractivity contribution in [2.75, 3.05) is 11.2 Å². The molecule has 0 radical (unpaired) electrons. The highest BCUT2D eigenvalue weighted by Gasteiger charge is 2.27. The van der Waals surface area contributed by atoms with Gasteiger partial charge in [-0.3, -0.25) is 4.52 Å². The van der Waals surface area contributed by atoms with E-state index in [0.29, 0.717) is 0 Å². The summed E-state index contributed by atoms with van der Waals surface area (Å²) in [6.45, 7) is 0. The SMILES string of the molecule is Nc1c[n+](NC2CCCCC2O)no1. The van der Waals surface area contributed by atoms with Crippen molar-refractivity contribution < 1.29 is 14.4 Å². The van der Waals surface area contributed by atoms with Gasteiger partial charge in [0.25, 0.3) is 12.1 Å². The highest BCUT2D eigenvalue weighted by atomic mass is 16.5. The Hall–Kier alpha value is -1.30. The van der Waals surface area contributed by atoms with Gasteiger partial charge in [-0.05, 0) is 12.8 Å². The number of nitrogen functional groups attached to an aromatic ring is 1. The number of aliphatic hydroxyl groups excluding tert-OH is 1. The molecule has 1 aliphatic rings. The van der Waals surface area contributed by atoms with Gasteiger partial charge in [0.15, 0.2) is 0 Å². The minimum absolute atomic E-state index is 0.0400. The first-order valence-corrected chi connectivity index (χ1v) is 4.84. The molecule has 1 saturated carbocycles. The van der Waals surface area contributed by atoms with Crippen LogP contribution in [0.2, 0.25) is 0 Å². The third-order valence-electron chi connectivity index (χ3n) is 2.51. The first-order chi connectivity index (χ1) is 6.75. The molecule has 0 saturated heterocycles. The van der Waals surface area contributed by atoms with Crippen molar-refractivity contribution in [2.24, 2.45) is 0 Å². The molecule has 14 heavy (non-hydrogen) atoms. The number of aromatic nitrogens is 2. The largest absolute Gasteiger partial charge is 0.391 e. The number of nitrogens with two attached hydrogens (primary N) is 1. The lowest BCUT2D eigenvalue weighted by Gasteiger charge is -2.24. The van der Waals surface area contributed by atoms with Crippen molar-refractivity contribution in [2.45, 2.75) is 37.8 Å². The summed E-state index contributed by atoms with van der Waals surface area (Å²) >= 11 is 0. The Bertz CT molecular complexity index is 301. The lowest BCUT2D eigenvalue weighted by molar-refractivity contribution is -0.723. The van der Waals surface area contributed by atoms with Gasteiger partial charge in [0.2, 0.25) is 5.27 Å². The van der Waals surface area contributed by atoms with Crippen molar-refractivity contribution in [3.05, 3.63) is 6.20 Å². The van der Waals surface area contributed by atoms with E-state index in [1.165, 1.54) is 4.79 Å². The number of nitrogens with one attached hydrogen (secondary N) is 1. The number of rotatable bonds is 2. The van der Waals surface area contributed by atoms with Crippen molar-refractivity contribution >= 4 is 5.88 Å². The average Bonchev–Trinajstić information content (AvgIpc) is 2.56. The van der Waals surface area contributed by atoms with Crippen LogP contribution in [0, 0.1) is 0 Å². The fourth-order valence-electron chi connectivity index (χ4n) is 1.75. The summed E-state index contributed by atoms with van der Waals surface area (Å²) < 4.78 is 4.69. The van der Waals surface area contributed by atoms with Crippen LogP contribution in [0.25, 0.3) is 0 Å². The zero-order chi connectivity index (χ0) is 9.97. The fourth-order valence-corrected chi connectivity index (χ4v) is 1.75. The molecule has 0 aliphatic heterocycles. The summed E-state index contributed by atoms with van der Waals surface area (Å²) in [5.74, 6) is 0.253. The topological polar surface area (TPSA) is 88.2 Å². The molecule has 4 N–H and O–H groups in total. The fraction of sp³-hybridized carbons (Fsp3) is 0.750. The van der Waals surface area contributed by atoms with Crippen molar-refractivity contribution in [3.8, 4) is 0 Å². The van der Waals surface area contributed by atoms with Crippen molar-refractivity contribution in [1.82, 2.24) is 5.27 Å². The Balaban J connectivity index is 1.95. The molecular formula is C8H15N4O2+. The lowest BCUT2D eigenvalue weighted by Crippen LogP contribution is -2.55. The standard InChI is InChI=1S/C8H15N4O2/c9-8-5-12(11-14-8)10-6-3-1-2-4-7(6)13/h5-7,13H,1-4,9H2,(H,10,11)/q+1. The summed E-state index contributed by atoms with van der Waals surface area (Å²) in [7, 11) is 0. The molecule has 1 aromatic rings. The van der Waals surface area contributed by atoms with Crippen LogP contribution in [-0.2, 0) is 0 Å². The van der Waals surface area contributed by atoms with Gasteiger partial charge in [-0.1, -0.05) is 12.8 Å². The maximum absolute atomic E-state index is 9.67. The highest BCUT2D eigenvalue weighted by Crippen LogP contribution is 2.18. The summed E-state index contributed by atoms with van der Waals surface area (Å²) in [6.07, 6.45) is 5.23. The van der Waals surface area contributed by atoms with Gasteiger partial charge in [-0.15, -0.1) is 0 Å². The van der Waals surface area contributed by atoms with Crippen LogP contribution in [0.1, 0.15) is 25.7 Å². The Kier molecular flexibility index (Phi) is 2.53. The average molecular weight is 199 g/mol. The molecule has 1 heterocycles. The van der Waals surface area contributed by atoms with Gasteiger partial charge in [-0.2, -0.15) is 5.43 Å². The molecule has 2 unspecified atom stereocenters. The maximum atomic E-state index is 9.67. The molecule has 1 aliphatic carbocycles. The Morgan fingerprint density at radius 3 is 3.00 bits per heavy atom. The summed E-state index contributed by atoms with van der Waals surface area (Å²) in [4.78, 5) is 1.41. The second-order valence-corrected chi connectivity index (χ2v) is 3.64. The van der Waals surface area contributed by atoms with Crippen LogP contribution in [0.5, 0.6) is 0 Å². The summed E-state index contributed by atoms with van der Waals surface area (Å²) in [5, 5.41) is 13.3. The minimum Gasteiger partial charge on any atom is -0.391 e. The second-order valence-electron chi connectivity index (χ2n) is 3.64. The van der Waals surface area contributed by atoms with Crippen LogP contribution in [0.4, 0.5) is 5.88 Å². The third-order valence-corrected chi connectivity index (χ3v) is 2.51. The van der Waals surface area contributed by atoms with Gasteiger partial charge in [0.1, 0.15) is 6.04 Å². The lowest BCUT2D eigenvalue weighted by atomic mass is 9.93. The van der Waals surface area contributed by atoms with E-state index in [4.69, 9.17) is 5.73 Å². The summed E-state index contributed by atoms with van der Waals surface area (Å²) in [6, 6.07) is 0.0400. The molecular weight excluding hydrogens is 184 g/mol. The predicted molar refractivity (Wildman–Crippen MR) is 48.7 cm³/mol. The molecule has 0 bridgehead atoms. The van der Waals surface area contributed by atoms with Crippen LogP contribution in [0.15, 0.2) is 10.7 Å². The van der Waals surface area contributed by atoms with E-state index < -0.39 is 0 Å². The van der Waals surface area contributed by atoms with Crippen LogP contribution in [0.3, 0.4) is 0 Å². The normalized spacial score (nSPS) is 27.5. The van der Waals surface area contributed by atoms with Crippen LogP contribution in [-0.4, -0.2) is 22.5 Å². The van der Waals surface area contributed by atoms with E-state index in [1.54, 1.807) is 6.20 Å². The molecule has 1 fully saturated rings. The molecule has 6 nitrogen and oxygen atoms in total. The van der Waals surface area contributed by atoms with Gasteiger partial charge in [0.05, 0.1) is 10.9 Å². The van der Waals surface area contributed by atoms with Gasteiger partial charge in [-0.25, -0.2) is 0 Å². The van der Waals surface area contributed by atoms with Crippen LogP contribution < -0.4 is 16.0 Å². The Morgan fingerprint density at radius 1 is 1.57 bits per heavy atom. The zero-order valence-corrected chi connectivity index (χ0v) is 7.89. The quantitative estimate of drug-likeness (QED) is 0.553. The molecule has 2 atom stereocenters. The summed E-state index contributed by atoms with van der Waals surface area (Å²) in [5.41, 5.74) is 8.40. The van der Waals surface area contributed by atoms with E-state index in [0.717, 1.165) is 25.7 Å². The maximum Gasteiger partial charge on any atom is 0.296 e. The number of hydrogen-bond donors (Lipinski definition) is 3. The zero-order valence-electron chi connectivity index (χ0n) is 7.89. The van der Waals surface area contributed by atoms with Crippen molar-refractivity contribution in [1.29, 1.82) is 0 Å². The monoisotopic (exact) mass is 199 g/mol. The Morgan fingerprint density at radius 2 is 2.36 bits per heavy atom. The molecule has 6 heteroatoms. The minimum atomic E-state index is -0.311. The van der Waals surface area contributed by atoms with E-state index in [9.17, 15) is 5.11 Å². The number of aliphatic hydroxyl groups is 1. The van der Waals surface area contributed by atoms with E-state index in [-0.39, 0.29) is 18.0 Å². The van der Waals surface area contributed by atoms with Crippen LogP contribution >= 0.6 is 0 Å². The van der Waals surface area contributed by atoms with E-state index in [1.807, 2.05) is 0 Å². The molecule has 2 rings (SSSR count). The van der Waals surface area contributed by atoms with Crippen molar-refractivity contribution in [3.63, 3.8) is 0 Å². The first kappa shape index (κ1) is 9.26. The molecule has 1 aromatic heterocycles. The highest BCUT2D eigenvalue weighted by molar-refractivity contribution is 5.11. The van der Waals surface area contributed by atoms with Gasteiger partial charge in [0, 0.05) is 0 Å². The first-order valence-electron chi connectivity index (χ1n) is 4.84. The Labute approximate surface area is 81.6 Å². The smallest absolute Gasteiger partial charge is 0.296 e. The third kappa shape index (κ3) is 1.95. The second kappa shape index (κ2) is 3.83. The molecule has 0 aromatic carbocycles. The predicted octanol–water partition coefficient (Wildman–Crippen LogP) is -0.609. The molecule has 0 amide bonds. The number of anilines is 1. The van der Waals surface area contributed by atoms with Gasteiger partial charge >= 0.3 is 0 Å². The number of nitrogens with zero attached hydrogens (tertiary/aromatic N) is 2.